The molecule has 2 aliphatic rings. The molecule has 1 atom stereocenters. The lowest BCUT2D eigenvalue weighted by atomic mass is 9.87. The van der Waals surface area contributed by atoms with Gasteiger partial charge in [-0.05, 0) is 51.7 Å². The Kier molecular flexibility index (Phi) is 4.83. The van der Waals surface area contributed by atoms with E-state index in [1.807, 2.05) is 0 Å². The molecule has 100 valence electrons. The smallest absolute Gasteiger partial charge is 0.0499 e. The Labute approximate surface area is 106 Å². The highest BCUT2D eigenvalue weighted by atomic mass is 16.3. The number of aliphatic hydroxyl groups is 1. The van der Waals surface area contributed by atoms with Gasteiger partial charge in [-0.1, -0.05) is 12.8 Å². The maximum atomic E-state index is 9.55. The molecule has 1 heterocycles. The fraction of sp³-hybridized carbons (Fsp3) is 1.00. The second-order valence-electron chi connectivity index (χ2n) is 6.27. The van der Waals surface area contributed by atoms with E-state index in [0.29, 0.717) is 6.61 Å². The molecule has 1 aliphatic carbocycles. The molecular weight excluding hydrogens is 212 g/mol. The third-order valence-electron chi connectivity index (χ3n) is 4.65. The summed E-state index contributed by atoms with van der Waals surface area (Å²) in [5.74, 6) is 0.811. The molecule has 1 saturated carbocycles. The van der Waals surface area contributed by atoms with Gasteiger partial charge in [0.1, 0.15) is 0 Å². The maximum Gasteiger partial charge on any atom is 0.0499 e. The average molecular weight is 240 g/mol. The van der Waals surface area contributed by atoms with Gasteiger partial charge < -0.3 is 15.3 Å². The number of aliphatic hydroxyl groups excluding tert-OH is 1. The third-order valence-corrected chi connectivity index (χ3v) is 4.65. The molecule has 1 aliphatic heterocycles. The van der Waals surface area contributed by atoms with Crippen molar-refractivity contribution in [3.8, 4) is 0 Å². The van der Waals surface area contributed by atoms with E-state index < -0.39 is 0 Å². The molecule has 0 radical (unpaired) electrons. The van der Waals surface area contributed by atoms with Crippen molar-refractivity contribution < 1.29 is 5.11 Å². The fourth-order valence-corrected chi connectivity index (χ4v) is 3.50. The van der Waals surface area contributed by atoms with E-state index in [0.717, 1.165) is 19.0 Å². The van der Waals surface area contributed by atoms with E-state index in [1.54, 1.807) is 0 Å². The Morgan fingerprint density at radius 1 is 1.29 bits per heavy atom. The van der Waals surface area contributed by atoms with Crippen molar-refractivity contribution in [2.75, 3.05) is 39.8 Å². The van der Waals surface area contributed by atoms with Crippen LogP contribution < -0.4 is 5.32 Å². The van der Waals surface area contributed by atoms with Gasteiger partial charge in [0.25, 0.3) is 0 Å². The van der Waals surface area contributed by atoms with Crippen LogP contribution in [-0.4, -0.2) is 49.8 Å². The summed E-state index contributed by atoms with van der Waals surface area (Å²) in [7, 11) is 2.22. The van der Waals surface area contributed by atoms with Crippen molar-refractivity contribution in [3.05, 3.63) is 0 Å². The Balaban J connectivity index is 1.67. The van der Waals surface area contributed by atoms with Gasteiger partial charge in [-0.3, -0.25) is 0 Å². The molecule has 3 heteroatoms. The largest absolute Gasteiger partial charge is 0.396 e. The zero-order valence-corrected chi connectivity index (χ0v) is 11.2. The number of hydrogen-bond acceptors (Lipinski definition) is 3. The van der Waals surface area contributed by atoms with Crippen LogP contribution in [0, 0.1) is 11.3 Å². The van der Waals surface area contributed by atoms with Gasteiger partial charge in [-0.15, -0.1) is 0 Å². The molecule has 2 fully saturated rings. The summed E-state index contributed by atoms with van der Waals surface area (Å²) in [4.78, 5) is 2.44. The molecular formula is C14H28N2O. The molecule has 0 bridgehead atoms. The van der Waals surface area contributed by atoms with Gasteiger partial charge in [-0.25, -0.2) is 0 Å². The number of nitrogens with one attached hydrogen (secondary N) is 1. The monoisotopic (exact) mass is 240 g/mol. The van der Waals surface area contributed by atoms with Crippen LogP contribution in [0.25, 0.3) is 0 Å². The molecule has 1 unspecified atom stereocenters. The van der Waals surface area contributed by atoms with E-state index in [4.69, 9.17) is 0 Å². The molecule has 0 spiro atoms. The van der Waals surface area contributed by atoms with Crippen LogP contribution >= 0.6 is 0 Å². The minimum absolute atomic E-state index is 0.209. The van der Waals surface area contributed by atoms with Gasteiger partial charge in [0, 0.05) is 25.1 Å². The SMILES string of the molecule is CN1CCCC(CNCC2(CO)CCCC2)C1. The van der Waals surface area contributed by atoms with Crippen molar-refractivity contribution in [1.29, 1.82) is 0 Å². The lowest BCUT2D eigenvalue weighted by Gasteiger charge is -2.32. The zero-order valence-electron chi connectivity index (χ0n) is 11.2. The third kappa shape index (κ3) is 3.67. The van der Waals surface area contributed by atoms with E-state index in [2.05, 4.69) is 17.3 Å². The van der Waals surface area contributed by atoms with Crippen LogP contribution in [0.5, 0.6) is 0 Å². The van der Waals surface area contributed by atoms with E-state index in [9.17, 15) is 5.11 Å². The van der Waals surface area contributed by atoms with Crippen LogP contribution in [0.3, 0.4) is 0 Å². The molecule has 3 nitrogen and oxygen atoms in total. The second kappa shape index (κ2) is 6.17. The summed E-state index contributed by atoms with van der Waals surface area (Å²) in [5, 5.41) is 13.2. The number of likely N-dealkylation sites (tertiary alicyclic amines) is 1. The number of piperidine rings is 1. The molecule has 0 amide bonds. The average Bonchev–Trinajstić information content (AvgIpc) is 2.79. The van der Waals surface area contributed by atoms with Gasteiger partial charge in [-0.2, -0.15) is 0 Å². The summed E-state index contributed by atoms with van der Waals surface area (Å²) in [6, 6.07) is 0. The van der Waals surface area contributed by atoms with Crippen molar-refractivity contribution >= 4 is 0 Å². The van der Waals surface area contributed by atoms with Gasteiger partial charge in [0.05, 0.1) is 0 Å². The van der Waals surface area contributed by atoms with Crippen LogP contribution in [0.4, 0.5) is 0 Å². The zero-order chi connectivity index (χ0) is 12.1. The number of nitrogens with zero attached hydrogens (tertiary/aromatic N) is 1. The number of rotatable bonds is 5. The minimum Gasteiger partial charge on any atom is -0.396 e. The standard InChI is InChI=1S/C14H28N2O/c1-16-8-4-5-13(10-16)9-15-11-14(12-17)6-2-3-7-14/h13,15,17H,2-12H2,1H3. The van der Waals surface area contributed by atoms with Crippen LogP contribution in [-0.2, 0) is 0 Å². The fourth-order valence-electron chi connectivity index (χ4n) is 3.50. The van der Waals surface area contributed by atoms with E-state index in [-0.39, 0.29) is 5.41 Å². The summed E-state index contributed by atoms with van der Waals surface area (Å²) >= 11 is 0. The predicted octanol–water partition coefficient (Wildman–Crippen LogP) is 1.47. The molecule has 0 aromatic carbocycles. The highest BCUT2D eigenvalue weighted by molar-refractivity contribution is 4.86. The van der Waals surface area contributed by atoms with Crippen molar-refractivity contribution in [1.82, 2.24) is 10.2 Å². The highest BCUT2D eigenvalue weighted by Gasteiger charge is 2.32. The second-order valence-corrected chi connectivity index (χ2v) is 6.27. The maximum absolute atomic E-state index is 9.55. The summed E-state index contributed by atoms with van der Waals surface area (Å²) < 4.78 is 0. The topological polar surface area (TPSA) is 35.5 Å². The first-order chi connectivity index (χ1) is 8.24. The lowest BCUT2D eigenvalue weighted by Crippen LogP contribution is -2.41. The van der Waals surface area contributed by atoms with Crippen LogP contribution in [0.1, 0.15) is 38.5 Å². The van der Waals surface area contributed by atoms with Crippen molar-refractivity contribution in [2.45, 2.75) is 38.5 Å². The first-order valence-electron chi connectivity index (χ1n) is 7.24. The molecule has 2 N–H and O–H groups in total. The summed E-state index contributed by atoms with van der Waals surface area (Å²) in [6.07, 6.45) is 7.72. The van der Waals surface area contributed by atoms with Crippen LogP contribution in [0.2, 0.25) is 0 Å². The van der Waals surface area contributed by atoms with Gasteiger partial charge in [0.15, 0.2) is 0 Å². The first kappa shape index (κ1) is 13.3. The summed E-state index contributed by atoms with van der Waals surface area (Å²) in [6.45, 7) is 5.01. The highest BCUT2D eigenvalue weighted by Crippen LogP contribution is 2.36. The minimum atomic E-state index is 0.209. The molecule has 0 aromatic heterocycles. The quantitative estimate of drug-likeness (QED) is 0.764. The first-order valence-corrected chi connectivity index (χ1v) is 7.24. The van der Waals surface area contributed by atoms with Gasteiger partial charge >= 0.3 is 0 Å². The molecule has 1 saturated heterocycles. The van der Waals surface area contributed by atoms with Crippen LogP contribution in [0.15, 0.2) is 0 Å². The van der Waals surface area contributed by atoms with Crippen molar-refractivity contribution in [3.63, 3.8) is 0 Å². The van der Waals surface area contributed by atoms with Crippen molar-refractivity contribution in [2.24, 2.45) is 11.3 Å². The Morgan fingerprint density at radius 2 is 2.06 bits per heavy atom. The summed E-state index contributed by atoms with van der Waals surface area (Å²) in [5.41, 5.74) is 0.209. The molecule has 17 heavy (non-hydrogen) atoms. The lowest BCUT2D eigenvalue weighted by molar-refractivity contribution is 0.123. The van der Waals surface area contributed by atoms with E-state index >= 15 is 0 Å². The van der Waals surface area contributed by atoms with Gasteiger partial charge in [0.2, 0.25) is 0 Å². The molecule has 2 rings (SSSR count). The normalized spacial score (nSPS) is 29.6. The Morgan fingerprint density at radius 3 is 2.71 bits per heavy atom. The van der Waals surface area contributed by atoms with E-state index in [1.165, 1.54) is 51.6 Å². The Hall–Kier alpha value is -0.120. The predicted molar refractivity (Wildman–Crippen MR) is 71.1 cm³/mol. The Bertz CT molecular complexity index is 226. The number of hydrogen-bond donors (Lipinski definition) is 2. The molecule has 0 aromatic rings.